The second-order valence-corrected chi connectivity index (χ2v) is 4.80. The fourth-order valence-corrected chi connectivity index (χ4v) is 2.00. The van der Waals surface area contributed by atoms with Gasteiger partial charge in [-0.3, -0.25) is 0 Å². The molecule has 2 aromatic carbocycles. The van der Waals surface area contributed by atoms with Crippen LogP contribution < -0.4 is 10.4 Å². The van der Waals surface area contributed by atoms with Crippen LogP contribution in [0.4, 0.5) is 0 Å². The number of hydrogen-bond acceptors (Lipinski definition) is 5. The molecule has 3 rings (SSSR count). The number of carbonyl (C=O) groups excluding carboxylic acids is 1. The normalized spacial score (nSPS) is 11.0. The number of ether oxygens (including phenoxy) is 1. The zero-order valence-electron chi connectivity index (χ0n) is 11.9. The predicted molar refractivity (Wildman–Crippen MR) is 85.3 cm³/mol. The topological polar surface area (TPSA) is 76.7 Å². The first-order valence-corrected chi connectivity index (χ1v) is 6.83. The molecule has 0 aliphatic rings. The quantitative estimate of drug-likeness (QED) is 0.348. The molecule has 0 saturated heterocycles. The summed E-state index contributed by atoms with van der Waals surface area (Å²) in [5.41, 5.74) is 0.641. The average Bonchev–Trinajstić information content (AvgIpc) is 2.54. The van der Waals surface area contributed by atoms with E-state index in [0.29, 0.717) is 5.58 Å². The van der Waals surface area contributed by atoms with Crippen molar-refractivity contribution in [1.82, 2.24) is 0 Å². The first-order chi connectivity index (χ1) is 11.1. The van der Waals surface area contributed by atoms with Crippen molar-refractivity contribution in [3.63, 3.8) is 0 Å². The number of carbonyl (C=O) groups is 1. The van der Waals surface area contributed by atoms with E-state index in [-0.39, 0.29) is 11.5 Å². The summed E-state index contributed by atoms with van der Waals surface area (Å²) < 4.78 is 10.2. The fraction of sp³-hybridized carbons (Fsp3) is 0. The Kier molecular flexibility index (Phi) is 3.93. The van der Waals surface area contributed by atoms with E-state index < -0.39 is 11.6 Å². The number of aromatic hydroxyl groups is 1. The molecule has 0 fully saturated rings. The van der Waals surface area contributed by atoms with Gasteiger partial charge in [0.15, 0.2) is 0 Å². The molecule has 3 aromatic rings. The van der Waals surface area contributed by atoms with Gasteiger partial charge in [0.2, 0.25) is 0 Å². The van der Waals surface area contributed by atoms with Crippen molar-refractivity contribution in [1.29, 1.82) is 0 Å². The molecule has 0 spiro atoms. The standard InChI is InChI=1S/C18H12O5/c19-14-6-1-12(2-7-14)3-9-17(20)22-15-8-4-13-5-10-18(21)23-16(13)11-15/h1-11,19H/b9-3+. The van der Waals surface area contributed by atoms with Crippen molar-refractivity contribution < 1.29 is 19.1 Å². The summed E-state index contributed by atoms with van der Waals surface area (Å²) in [5.74, 6) is -0.120. The summed E-state index contributed by atoms with van der Waals surface area (Å²) in [5, 5.41) is 9.93. The SMILES string of the molecule is O=C(/C=C/c1ccc(O)cc1)Oc1ccc2ccc(=O)oc2c1. The minimum Gasteiger partial charge on any atom is -0.508 e. The molecule has 5 heteroatoms. The maximum Gasteiger partial charge on any atom is 0.336 e. The third-order valence-corrected chi connectivity index (χ3v) is 3.12. The summed E-state index contributed by atoms with van der Waals surface area (Å²) in [6.45, 7) is 0. The Bertz CT molecular complexity index is 936. The lowest BCUT2D eigenvalue weighted by Gasteiger charge is -2.02. The second kappa shape index (κ2) is 6.19. The van der Waals surface area contributed by atoms with Crippen LogP contribution in [0, 0.1) is 0 Å². The first kappa shape index (κ1) is 14.6. The summed E-state index contributed by atoms with van der Waals surface area (Å²) in [6, 6.07) is 14.2. The van der Waals surface area contributed by atoms with Crippen molar-refractivity contribution in [3.05, 3.63) is 76.7 Å². The largest absolute Gasteiger partial charge is 0.508 e. The molecule has 0 amide bonds. The minimum atomic E-state index is -0.560. The maximum atomic E-state index is 11.8. The van der Waals surface area contributed by atoms with Crippen molar-refractivity contribution in [2.45, 2.75) is 0 Å². The molecule has 0 unspecified atom stereocenters. The molecule has 0 aliphatic heterocycles. The maximum absolute atomic E-state index is 11.8. The fourth-order valence-electron chi connectivity index (χ4n) is 2.00. The Morgan fingerprint density at radius 3 is 2.57 bits per heavy atom. The van der Waals surface area contributed by atoms with Crippen LogP contribution in [-0.2, 0) is 4.79 Å². The second-order valence-electron chi connectivity index (χ2n) is 4.80. The molecule has 1 N–H and O–H groups in total. The molecule has 5 nitrogen and oxygen atoms in total. The highest BCUT2D eigenvalue weighted by atomic mass is 16.5. The van der Waals surface area contributed by atoms with Gasteiger partial charge in [-0.25, -0.2) is 9.59 Å². The Hall–Kier alpha value is -3.34. The lowest BCUT2D eigenvalue weighted by Crippen LogP contribution is -2.03. The van der Waals surface area contributed by atoms with Crippen molar-refractivity contribution >= 4 is 23.0 Å². The highest BCUT2D eigenvalue weighted by molar-refractivity contribution is 5.89. The third kappa shape index (κ3) is 3.65. The number of fused-ring (bicyclic) bond motifs is 1. The van der Waals surface area contributed by atoms with E-state index in [2.05, 4.69) is 0 Å². The van der Waals surface area contributed by atoms with Gasteiger partial charge in [-0.1, -0.05) is 12.1 Å². The number of phenolic OH excluding ortho intramolecular Hbond substituents is 1. The van der Waals surface area contributed by atoms with Gasteiger partial charge in [-0.15, -0.1) is 0 Å². The smallest absolute Gasteiger partial charge is 0.336 e. The Morgan fingerprint density at radius 2 is 1.78 bits per heavy atom. The van der Waals surface area contributed by atoms with E-state index >= 15 is 0 Å². The monoisotopic (exact) mass is 308 g/mol. The van der Waals surface area contributed by atoms with E-state index in [9.17, 15) is 14.7 Å². The molecule has 23 heavy (non-hydrogen) atoms. The van der Waals surface area contributed by atoms with Crippen LogP contribution in [0.5, 0.6) is 11.5 Å². The molecule has 1 aromatic heterocycles. The Labute approximate surface area is 131 Å². The molecule has 0 radical (unpaired) electrons. The van der Waals surface area contributed by atoms with Crippen molar-refractivity contribution in [3.8, 4) is 11.5 Å². The van der Waals surface area contributed by atoms with Gasteiger partial charge in [0.05, 0.1) is 0 Å². The highest BCUT2D eigenvalue weighted by Crippen LogP contribution is 2.19. The lowest BCUT2D eigenvalue weighted by atomic mass is 10.2. The van der Waals surface area contributed by atoms with Crippen LogP contribution >= 0.6 is 0 Å². The van der Waals surface area contributed by atoms with Crippen LogP contribution in [-0.4, -0.2) is 11.1 Å². The van der Waals surface area contributed by atoms with Gasteiger partial charge in [0.1, 0.15) is 17.1 Å². The van der Waals surface area contributed by atoms with Crippen LogP contribution in [0.1, 0.15) is 5.56 Å². The van der Waals surface area contributed by atoms with Crippen LogP contribution in [0.25, 0.3) is 17.0 Å². The molecule has 0 bridgehead atoms. The van der Waals surface area contributed by atoms with Gasteiger partial charge in [0, 0.05) is 23.6 Å². The molecule has 0 aliphatic carbocycles. The van der Waals surface area contributed by atoms with Crippen LogP contribution in [0.3, 0.4) is 0 Å². The number of benzene rings is 2. The number of esters is 1. The number of rotatable bonds is 3. The van der Waals surface area contributed by atoms with Crippen LogP contribution in [0.15, 0.2) is 69.9 Å². The van der Waals surface area contributed by atoms with Gasteiger partial charge < -0.3 is 14.3 Å². The molecule has 1 heterocycles. The average molecular weight is 308 g/mol. The summed E-state index contributed by atoms with van der Waals surface area (Å²) >= 11 is 0. The summed E-state index contributed by atoms with van der Waals surface area (Å²) in [6.07, 6.45) is 2.85. The van der Waals surface area contributed by atoms with Crippen molar-refractivity contribution in [2.75, 3.05) is 0 Å². The van der Waals surface area contributed by atoms with E-state index in [1.807, 2.05) is 0 Å². The van der Waals surface area contributed by atoms with Crippen molar-refractivity contribution in [2.24, 2.45) is 0 Å². The van der Waals surface area contributed by atoms with Crippen LogP contribution in [0.2, 0.25) is 0 Å². The zero-order valence-corrected chi connectivity index (χ0v) is 11.9. The van der Waals surface area contributed by atoms with E-state index in [0.717, 1.165) is 10.9 Å². The molecule has 0 atom stereocenters. The first-order valence-electron chi connectivity index (χ1n) is 6.83. The molecule has 114 valence electrons. The van der Waals surface area contributed by atoms with Gasteiger partial charge in [0.25, 0.3) is 0 Å². The minimum absolute atomic E-state index is 0.155. The Morgan fingerprint density at radius 1 is 1.04 bits per heavy atom. The lowest BCUT2D eigenvalue weighted by molar-refractivity contribution is -0.128. The highest BCUT2D eigenvalue weighted by Gasteiger charge is 2.04. The molecule has 0 saturated carbocycles. The number of phenols is 1. The zero-order chi connectivity index (χ0) is 16.2. The summed E-state index contributed by atoms with van der Waals surface area (Å²) in [4.78, 5) is 23.0. The van der Waals surface area contributed by atoms with E-state index in [4.69, 9.17) is 9.15 Å². The predicted octanol–water partition coefficient (Wildman–Crippen LogP) is 3.12. The third-order valence-electron chi connectivity index (χ3n) is 3.12. The van der Waals surface area contributed by atoms with Gasteiger partial charge in [-0.05, 0) is 42.0 Å². The molecular formula is C18H12O5. The molecular weight excluding hydrogens is 296 g/mol. The van der Waals surface area contributed by atoms with E-state index in [1.54, 1.807) is 36.4 Å². The van der Waals surface area contributed by atoms with Gasteiger partial charge in [-0.2, -0.15) is 0 Å². The Balaban J connectivity index is 1.74. The summed E-state index contributed by atoms with van der Waals surface area (Å²) in [7, 11) is 0. The van der Waals surface area contributed by atoms with E-state index in [1.165, 1.54) is 30.3 Å². The van der Waals surface area contributed by atoms with Gasteiger partial charge >= 0.3 is 11.6 Å². The number of hydrogen-bond donors (Lipinski definition) is 1.